The molecule has 0 fully saturated rings. The van der Waals surface area contributed by atoms with Gasteiger partial charge in [0.1, 0.15) is 0 Å². The average molecular weight is 230 g/mol. The van der Waals surface area contributed by atoms with E-state index in [0.717, 1.165) is 6.42 Å². The molecule has 1 atom stereocenters. The van der Waals surface area contributed by atoms with Crippen molar-refractivity contribution < 1.29 is 14.7 Å². The minimum atomic E-state index is -0.412. The fourth-order valence-electron chi connectivity index (χ4n) is 1.13. The Morgan fingerprint density at radius 3 is 2.56 bits per heavy atom. The number of nitrogens with zero attached hydrogens (tertiary/aromatic N) is 1. The molecule has 0 aromatic rings. The number of likely N-dealkylation sites (N-methyl/N-ethyl adjacent to an activating group) is 1. The van der Waals surface area contributed by atoms with E-state index in [0.29, 0.717) is 19.4 Å². The molecule has 0 aliphatic rings. The maximum absolute atomic E-state index is 11.5. The number of aliphatic hydroxyl groups excluding tert-OH is 1. The maximum atomic E-state index is 11.5. The van der Waals surface area contributed by atoms with Gasteiger partial charge in [-0.3, -0.25) is 9.59 Å². The zero-order valence-electron chi connectivity index (χ0n) is 10.3. The van der Waals surface area contributed by atoms with Crippen LogP contribution in [0.25, 0.3) is 0 Å². The summed E-state index contributed by atoms with van der Waals surface area (Å²) in [4.78, 5) is 24.1. The van der Waals surface area contributed by atoms with Crippen molar-refractivity contribution in [2.24, 2.45) is 0 Å². The Morgan fingerprint density at radius 2 is 2.06 bits per heavy atom. The van der Waals surface area contributed by atoms with Crippen LogP contribution in [0.2, 0.25) is 0 Å². The molecular weight excluding hydrogens is 208 g/mol. The number of carbonyl (C=O) groups excluding carboxylic acids is 2. The molecule has 0 heterocycles. The summed E-state index contributed by atoms with van der Waals surface area (Å²) in [6.07, 6.45) is 1.36. The van der Waals surface area contributed by atoms with Crippen LogP contribution in [0.3, 0.4) is 0 Å². The molecule has 0 aromatic carbocycles. The zero-order valence-corrected chi connectivity index (χ0v) is 10.3. The normalized spacial score (nSPS) is 12.0. The Bertz CT molecular complexity index is 229. The molecule has 0 spiro atoms. The third kappa shape index (κ3) is 7.23. The summed E-state index contributed by atoms with van der Waals surface area (Å²) in [6, 6.07) is 0. The lowest BCUT2D eigenvalue weighted by atomic mass is 10.3. The van der Waals surface area contributed by atoms with Crippen molar-refractivity contribution in [1.82, 2.24) is 10.2 Å². The Kier molecular flexibility index (Phi) is 7.54. The van der Waals surface area contributed by atoms with Gasteiger partial charge in [-0.2, -0.15) is 0 Å². The molecular formula is C11H22N2O3. The van der Waals surface area contributed by atoms with Crippen LogP contribution in [0.5, 0.6) is 0 Å². The highest BCUT2D eigenvalue weighted by Crippen LogP contribution is 1.93. The smallest absolute Gasteiger partial charge is 0.241 e. The molecule has 1 unspecified atom stereocenters. The third-order valence-electron chi connectivity index (χ3n) is 2.22. The van der Waals surface area contributed by atoms with Crippen LogP contribution in [0.1, 0.15) is 33.1 Å². The first-order valence-corrected chi connectivity index (χ1v) is 5.66. The molecule has 16 heavy (non-hydrogen) atoms. The van der Waals surface area contributed by atoms with Crippen LogP contribution in [-0.4, -0.2) is 48.1 Å². The van der Waals surface area contributed by atoms with Gasteiger partial charge >= 0.3 is 0 Å². The second-order valence-corrected chi connectivity index (χ2v) is 3.98. The Balaban J connectivity index is 3.74. The van der Waals surface area contributed by atoms with E-state index in [1.165, 1.54) is 4.90 Å². The summed E-state index contributed by atoms with van der Waals surface area (Å²) in [5.74, 6) is -0.232. The van der Waals surface area contributed by atoms with Crippen molar-refractivity contribution in [1.29, 1.82) is 0 Å². The molecule has 2 N–H and O–H groups in total. The monoisotopic (exact) mass is 230 g/mol. The first-order chi connectivity index (χ1) is 7.47. The fraction of sp³-hybridized carbons (Fsp3) is 0.818. The van der Waals surface area contributed by atoms with E-state index in [-0.39, 0.29) is 18.4 Å². The lowest BCUT2D eigenvalue weighted by Crippen LogP contribution is -2.39. The van der Waals surface area contributed by atoms with Gasteiger partial charge in [0.05, 0.1) is 12.6 Å². The van der Waals surface area contributed by atoms with Crippen LogP contribution >= 0.6 is 0 Å². The van der Waals surface area contributed by atoms with Gasteiger partial charge in [0, 0.05) is 20.0 Å². The van der Waals surface area contributed by atoms with Gasteiger partial charge < -0.3 is 15.3 Å². The molecule has 0 bridgehead atoms. The predicted octanol–water partition coefficient (Wildman–Crippen LogP) is 0.132. The highest BCUT2D eigenvalue weighted by Gasteiger charge is 2.10. The molecule has 94 valence electrons. The van der Waals surface area contributed by atoms with Crippen molar-refractivity contribution in [3.8, 4) is 0 Å². The van der Waals surface area contributed by atoms with E-state index >= 15 is 0 Å². The number of nitrogens with one attached hydrogen (secondary N) is 1. The van der Waals surface area contributed by atoms with Gasteiger partial charge in [0.15, 0.2) is 0 Å². The first-order valence-electron chi connectivity index (χ1n) is 5.66. The number of hydrogen-bond acceptors (Lipinski definition) is 3. The second kappa shape index (κ2) is 8.10. The Hall–Kier alpha value is -1.10. The molecule has 0 aliphatic carbocycles. The van der Waals surface area contributed by atoms with E-state index in [1.54, 1.807) is 14.0 Å². The molecule has 0 saturated heterocycles. The van der Waals surface area contributed by atoms with Crippen molar-refractivity contribution in [3.63, 3.8) is 0 Å². The van der Waals surface area contributed by atoms with Gasteiger partial charge in [-0.25, -0.2) is 0 Å². The van der Waals surface area contributed by atoms with Crippen LogP contribution in [-0.2, 0) is 9.59 Å². The standard InChI is InChI=1S/C11H22N2O3/c1-4-5-10(15)12-8-11(16)13(3)7-6-9(2)14/h9,14H,4-8H2,1-3H3,(H,12,15). The summed E-state index contributed by atoms with van der Waals surface area (Å²) >= 11 is 0. The summed E-state index contributed by atoms with van der Waals surface area (Å²) in [5.41, 5.74) is 0. The summed E-state index contributed by atoms with van der Waals surface area (Å²) in [6.45, 7) is 4.13. The summed E-state index contributed by atoms with van der Waals surface area (Å²) in [7, 11) is 1.66. The van der Waals surface area contributed by atoms with E-state index in [4.69, 9.17) is 5.11 Å². The van der Waals surface area contributed by atoms with Crippen LogP contribution in [0, 0.1) is 0 Å². The van der Waals surface area contributed by atoms with E-state index in [1.807, 2.05) is 6.92 Å². The van der Waals surface area contributed by atoms with Crippen molar-refractivity contribution >= 4 is 11.8 Å². The van der Waals surface area contributed by atoms with E-state index in [2.05, 4.69) is 5.32 Å². The largest absolute Gasteiger partial charge is 0.393 e. The SMILES string of the molecule is CCCC(=O)NCC(=O)N(C)CCC(C)O. The number of hydrogen-bond donors (Lipinski definition) is 2. The topological polar surface area (TPSA) is 69.6 Å². The predicted molar refractivity (Wildman–Crippen MR) is 61.9 cm³/mol. The number of aliphatic hydroxyl groups is 1. The Labute approximate surface area is 96.8 Å². The fourth-order valence-corrected chi connectivity index (χ4v) is 1.13. The molecule has 0 aromatic heterocycles. The van der Waals surface area contributed by atoms with E-state index < -0.39 is 6.10 Å². The molecule has 5 heteroatoms. The highest BCUT2D eigenvalue weighted by molar-refractivity contribution is 5.84. The molecule has 2 amide bonds. The first kappa shape index (κ1) is 14.9. The maximum Gasteiger partial charge on any atom is 0.241 e. The Morgan fingerprint density at radius 1 is 1.44 bits per heavy atom. The van der Waals surface area contributed by atoms with Crippen molar-refractivity contribution in [3.05, 3.63) is 0 Å². The van der Waals surface area contributed by atoms with Crippen molar-refractivity contribution in [2.45, 2.75) is 39.2 Å². The van der Waals surface area contributed by atoms with Crippen LogP contribution < -0.4 is 5.32 Å². The molecule has 5 nitrogen and oxygen atoms in total. The lowest BCUT2D eigenvalue weighted by Gasteiger charge is -2.18. The molecule has 0 aliphatic heterocycles. The summed E-state index contributed by atoms with van der Waals surface area (Å²) in [5, 5.41) is 11.6. The third-order valence-corrected chi connectivity index (χ3v) is 2.22. The van der Waals surface area contributed by atoms with E-state index in [9.17, 15) is 9.59 Å². The average Bonchev–Trinajstić information content (AvgIpc) is 2.22. The van der Waals surface area contributed by atoms with Crippen LogP contribution in [0.4, 0.5) is 0 Å². The number of amides is 2. The van der Waals surface area contributed by atoms with Gasteiger partial charge in [-0.15, -0.1) is 0 Å². The van der Waals surface area contributed by atoms with Crippen LogP contribution in [0.15, 0.2) is 0 Å². The van der Waals surface area contributed by atoms with Gasteiger partial charge in [0.25, 0.3) is 0 Å². The minimum absolute atomic E-state index is 0.0368. The number of rotatable bonds is 7. The molecule has 0 saturated carbocycles. The zero-order chi connectivity index (χ0) is 12.6. The highest BCUT2D eigenvalue weighted by atomic mass is 16.3. The second-order valence-electron chi connectivity index (χ2n) is 3.98. The minimum Gasteiger partial charge on any atom is -0.393 e. The van der Waals surface area contributed by atoms with Gasteiger partial charge in [-0.1, -0.05) is 6.92 Å². The lowest BCUT2D eigenvalue weighted by molar-refractivity contribution is -0.132. The molecule has 0 radical (unpaired) electrons. The quantitative estimate of drug-likeness (QED) is 0.653. The van der Waals surface area contributed by atoms with Gasteiger partial charge in [-0.05, 0) is 19.8 Å². The number of carbonyl (C=O) groups is 2. The summed E-state index contributed by atoms with van der Waals surface area (Å²) < 4.78 is 0. The van der Waals surface area contributed by atoms with Gasteiger partial charge in [0.2, 0.25) is 11.8 Å². The molecule has 0 rings (SSSR count). The van der Waals surface area contributed by atoms with Crippen molar-refractivity contribution in [2.75, 3.05) is 20.1 Å².